The molecule has 1 aromatic rings. The number of carbonyl (C=O) groups excluding carboxylic acids is 1. The van der Waals surface area contributed by atoms with Gasteiger partial charge in [0.15, 0.2) is 0 Å². The van der Waals surface area contributed by atoms with E-state index in [0.717, 1.165) is 6.42 Å². The molecule has 0 saturated carbocycles. The third-order valence-corrected chi connectivity index (χ3v) is 3.12. The van der Waals surface area contributed by atoms with Crippen molar-refractivity contribution >= 4 is 23.2 Å². The minimum atomic E-state index is -0.520. The lowest BCUT2D eigenvalue weighted by Gasteiger charge is -2.23. The SMILES string of the molecule is Cn1cc([N+](=O)[O-])cc1C(=O)NCC(C)(C)CCCl. The fraction of sp³-hybridized carbons (Fsp3) is 0.583. The quantitative estimate of drug-likeness (QED) is 0.495. The third-order valence-electron chi connectivity index (χ3n) is 2.93. The Labute approximate surface area is 116 Å². The van der Waals surface area contributed by atoms with Crippen molar-refractivity contribution in [3.63, 3.8) is 0 Å². The van der Waals surface area contributed by atoms with Crippen molar-refractivity contribution in [3.8, 4) is 0 Å². The summed E-state index contributed by atoms with van der Waals surface area (Å²) in [5.41, 5.74) is 0.0788. The maximum Gasteiger partial charge on any atom is 0.287 e. The van der Waals surface area contributed by atoms with E-state index in [9.17, 15) is 14.9 Å². The summed E-state index contributed by atoms with van der Waals surface area (Å²) < 4.78 is 1.45. The molecule has 1 amide bonds. The highest BCUT2D eigenvalue weighted by Gasteiger charge is 2.21. The van der Waals surface area contributed by atoms with Gasteiger partial charge in [-0.3, -0.25) is 14.9 Å². The lowest BCUT2D eigenvalue weighted by molar-refractivity contribution is -0.384. The maximum atomic E-state index is 12.0. The largest absolute Gasteiger partial charge is 0.350 e. The number of amides is 1. The summed E-state index contributed by atoms with van der Waals surface area (Å²) in [5, 5.41) is 13.4. The second-order valence-electron chi connectivity index (χ2n) is 5.24. The van der Waals surface area contributed by atoms with Gasteiger partial charge in [0, 0.05) is 25.5 Å². The van der Waals surface area contributed by atoms with Gasteiger partial charge in [-0.2, -0.15) is 0 Å². The number of alkyl halides is 1. The van der Waals surface area contributed by atoms with Gasteiger partial charge in [0.1, 0.15) is 5.69 Å². The molecule has 0 saturated heterocycles. The number of aromatic nitrogens is 1. The molecule has 0 aromatic carbocycles. The van der Waals surface area contributed by atoms with Gasteiger partial charge in [-0.15, -0.1) is 11.6 Å². The fourth-order valence-electron chi connectivity index (χ4n) is 1.63. The predicted molar refractivity (Wildman–Crippen MR) is 73.5 cm³/mol. The fourth-order valence-corrected chi connectivity index (χ4v) is 2.14. The van der Waals surface area contributed by atoms with E-state index in [0.29, 0.717) is 12.4 Å². The predicted octanol–water partition coefficient (Wildman–Crippen LogP) is 2.32. The molecule has 0 aliphatic heterocycles. The Morgan fingerprint density at radius 2 is 2.21 bits per heavy atom. The zero-order valence-corrected chi connectivity index (χ0v) is 12.0. The van der Waals surface area contributed by atoms with Crippen LogP contribution in [0.2, 0.25) is 0 Å². The van der Waals surface area contributed by atoms with E-state index in [1.165, 1.54) is 16.8 Å². The van der Waals surface area contributed by atoms with Gasteiger partial charge in [0.25, 0.3) is 11.6 Å². The molecular weight excluding hydrogens is 270 g/mol. The molecule has 1 N–H and O–H groups in total. The number of halogens is 1. The molecule has 0 bridgehead atoms. The minimum Gasteiger partial charge on any atom is -0.350 e. The number of aryl methyl sites for hydroxylation is 1. The van der Waals surface area contributed by atoms with Crippen LogP contribution in [0, 0.1) is 15.5 Å². The number of nitrogens with zero attached hydrogens (tertiary/aromatic N) is 2. The molecule has 1 heterocycles. The molecule has 19 heavy (non-hydrogen) atoms. The first kappa shape index (κ1) is 15.5. The maximum absolute atomic E-state index is 12.0. The van der Waals surface area contributed by atoms with Crippen molar-refractivity contribution in [2.45, 2.75) is 20.3 Å². The second kappa shape index (κ2) is 6.06. The molecular formula is C12H18ClN3O3. The summed E-state index contributed by atoms with van der Waals surface area (Å²) in [7, 11) is 1.60. The summed E-state index contributed by atoms with van der Waals surface area (Å²) >= 11 is 5.69. The van der Waals surface area contributed by atoms with Crippen LogP contribution in [0.4, 0.5) is 5.69 Å². The molecule has 0 aliphatic rings. The number of nitrogens with one attached hydrogen (secondary N) is 1. The van der Waals surface area contributed by atoms with Crippen LogP contribution in [0.1, 0.15) is 30.8 Å². The van der Waals surface area contributed by atoms with Crippen LogP contribution in [0.5, 0.6) is 0 Å². The van der Waals surface area contributed by atoms with Crippen molar-refractivity contribution in [2.24, 2.45) is 12.5 Å². The highest BCUT2D eigenvalue weighted by Crippen LogP contribution is 2.20. The minimum absolute atomic E-state index is 0.0901. The Kier molecular flexibility index (Phi) is 4.94. The number of rotatable bonds is 6. The summed E-state index contributed by atoms with van der Waals surface area (Å²) in [5.74, 6) is 0.205. The first-order chi connectivity index (χ1) is 8.76. The topological polar surface area (TPSA) is 77.2 Å². The average molecular weight is 288 g/mol. The van der Waals surface area contributed by atoms with E-state index in [1.807, 2.05) is 13.8 Å². The van der Waals surface area contributed by atoms with E-state index < -0.39 is 4.92 Å². The van der Waals surface area contributed by atoms with Crippen LogP contribution >= 0.6 is 11.6 Å². The van der Waals surface area contributed by atoms with Gasteiger partial charge >= 0.3 is 0 Å². The van der Waals surface area contributed by atoms with Crippen molar-refractivity contribution in [1.29, 1.82) is 0 Å². The third kappa shape index (κ3) is 4.24. The van der Waals surface area contributed by atoms with Crippen LogP contribution in [-0.2, 0) is 7.05 Å². The average Bonchev–Trinajstić information content (AvgIpc) is 2.68. The van der Waals surface area contributed by atoms with E-state index in [1.54, 1.807) is 7.05 Å². The molecule has 106 valence electrons. The van der Waals surface area contributed by atoms with E-state index in [2.05, 4.69) is 5.32 Å². The van der Waals surface area contributed by atoms with Gasteiger partial charge in [0.05, 0.1) is 11.1 Å². The monoisotopic (exact) mass is 287 g/mol. The molecule has 7 heteroatoms. The van der Waals surface area contributed by atoms with Crippen LogP contribution < -0.4 is 5.32 Å². The van der Waals surface area contributed by atoms with Gasteiger partial charge in [0.2, 0.25) is 0 Å². The van der Waals surface area contributed by atoms with Gasteiger partial charge in [-0.05, 0) is 11.8 Å². The summed E-state index contributed by atoms with van der Waals surface area (Å²) in [4.78, 5) is 22.1. The Morgan fingerprint density at radius 3 is 2.68 bits per heavy atom. The van der Waals surface area contributed by atoms with Crippen molar-refractivity contribution < 1.29 is 9.72 Å². The number of carbonyl (C=O) groups is 1. The number of hydrogen-bond acceptors (Lipinski definition) is 3. The summed E-state index contributed by atoms with van der Waals surface area (Å²) in [6, 6.07) is 1.27. The Hall–Kier alpha value is -1.56. The second-order valence-corrected chi connectivity index (χ2v) is 5.62. The Bertz CT molecular complexity index is 483. The first-order valence-corrected chi connectivity index (χ1v) is 6.45. The molecule has 0 fully saturated rings. The normalized spacial score (nSPS) is 11.4. The smallest absolute Gasteiger partial charge is 0.287 e. The molecule has 1 rings (SSSR count). The van der Waals surface area contributed by atoms with Crippen molar-refractivity contribution in [3.05, 3.63) is 28.1 Å². The molecule has 0 spiro atoms. The van der Waals surface area contributed by atoms with Crippen LogP contribution in [0.3, 0.4) is 0 Å². The molecule has 0 radical (unpaired) electrons. The van der Waals surface area contributed by atoms with Gasteiger partial charge < -0.3 is 9.88 Å². The zero-order chi connectivity index (χ0) is 14.6. The highest BCUT2D eigenvalue weighted by atomic mass is 35.5. The highest BCUT2D eigenvalue weighted by molar-refractivity contribution is 6.17. The summed E-state index contributed by atoms with van der Waals surface area (Å²) in [6.07, 6.45) is 2.10. The Morgan fingerprint density at radius 1 is 1.58 bits per heavy atom. The van der Waals surface area contributed by atoms with Crippen molar-refractivity contribution in [1.82, 2.24) is 9.88 Å². The molecule has 1 aromatic heterocycles. The first-order valence-electron chi connectivity index (χ1n) is 5.92. The zero-order valence-electron chi connectivity index (χ0n) is 11.3. The van der Waals surface area contributed by atoms with Crippen LogP contribution in [0.15, 0.2) is 12.3 Å². The van der Waals surface area contributed by atoms with E-state index in [-0.39, 0.29) is 22.7 Å². The van der Waals surface area contributed by atoms with Gasteiger partial charge in [-0.1, -0.05) is 13.8 Å². The van der Waals surface area contributed by atoms with Crippen LogP contribution in [-0.4, -0.2) is 27.8 Å². The molecule has 0 unspecified atom stereocenters. The van der Waals surface area contributed by atoms with Crippen LogP contribution in [0.25, 0.3) is 0 Å². The molecule has 0 atom stereocenters. The standard InChI is InChI=1S/C12H18ClN3O3/c1-12(2,4-5-13)8-14-11(17)10-6-9(16(18)19)7-15(10)3/h6-7H,4-5,8H2,1-3H3,(H,14,17). The number of hydrogen-bond donors (Lipinski definition) is 1. The lowest BCUT2D eigenvalue weighted by atomic mass is 9.90. The number of nitro groups is 1. The Balaban J connectivity index is 2.71. The molecule has 6 nitrogen and oxygen atoms in total. The van der Waals surface area contributed by atoms with E-state index >= 15 is 0 Å². The molecule has 0 aliphatic carbocycles. The van der Waals surface area contributed by atoms with E-state index in [4.69, 9.17) is 11.6 Å². The lowest BCUT2D eigenvalue weighted by Crippen LogP contribution is -2.35. The summed E-state index contributed by atoms with van der Waals surface area (Å²) in [6.45, 7) is 4.48. The van der Waals surface area contributed by atoms with Gasteiger partial charge in [-0.25, -0.2) is 0 Å². The van der Waals surface area contributed by atoms with Crippen molar-refractivity contribution in [2.75, 3.05) is 12.4 Å².